The average molecular weight is 240 g/mol. The van der Waals surface area contributed by atoms with Gasteiger partial charge in [-0.2, -0.15) is 0 Å². The van der Waals surface area contributed by atoms with Crippen LogP contribution >= 0.6 is 0 Å². The van der Waals surface area contributed by atoms with Crippen LogP contribution in [0.4, 0.5) is 4.79 Å². The van der Waals surface area contributed by atoms with E-state index < -0.39 is 5.97 Å². The standard InChI is InChI=1S/C12H20N2O3/c1-12(2)3-5-13(6-4-12)11(17)14-7-9(8-14)10(15)16/h9H,3-8H2,1-2H3,(H,15,16). The molecule has 1 N–H and O–H groups in total. The number of amides is 2. The molecule has 0 aromatic rings. The van der Waals surface area contributed by atoms with Crippen molar-refractivity contribution >= 4 is 12.0 Å². The summed E-state index contributed by atoms with van der Waals surface area (Å²) in [6, 6.07) is 0.0120. The van der Waals surface area contributed by atoms with Gasteiger partial charge < -0.3 is 14.9 Å². The number of carbonyl (C=O) groups is 2. The fourth-order valence-electron chi connectivity index (χ4n) is 2.29. The first kappa shape index (κ1) is 12.2. The number of carboxylic acid groups (broad SMARTS) is 1. The first-order valence-electron chi connectivity index (χ1n) is 6.16. The van der Waals surface area contributed by atoms with Gasteiger partial charge in [-0.3, -0.25) is 4.79 Å². The average Bonchev–Trinajstić information content (AvgIpc) is 2.14. The first-order chi connectivity index (χ1) is 7.89. The molecule has 2 heterocycles. The molecular weight excluding hydrogens is 220 g/mol. The van der Waals surface area contributed by atoms with Gasteiger partial charge in [-0.05, 0) is 18.3 Å². The maximum atomic E-state index is 12.0. The summed E-state index contributed by atoms with van der Waals surface area (Å²) < 4.78 is 0. The first-order valence-corrected chi connectivity index (χ1v) is 6.16. The Bertz CT molecular complexity index is 325. The van der Waals surface area contributed by atoms with Crippen molar-refractivity contribution in [1.29, 1.82) is 0 Å². The molecule has 2 fully saturated rings. The lowest BCUT2D eigenvalue weighted by molar-refractivity contribution is -0.146. The van der Waals surface area contributed by atoms with E-state index >= 15 is 0 Å². The van der Waals surface area contributed by atoms with Crippen molar-refractivity contribution in [3.05, 3.63) is 0 Å². The molecule has 0 saturated carbocycles. The molecule has 0 atom stereocenters. The van der Waals surface area contributed by atoms with Crippen molar-refractivity contribution < 1.29 is 14.7 Å². The van der Waals surface area contributed by atoms with Crippen LogP contribution in [0.1, 0.15) is 26.7 Å². The van der Waals surface area contributed by atoms with Crippen LogP contribution in [0, 0.1) is 11.3 Å². The number of aliphatic carboxylic acids is 1. The Morgan fingerprint density at radius 3 is 2.12 bits per heavy atom. The van der Waals surface area contributed by atoms with Crippen molar-refractivity contribution in [1.82, 2.24) is 9.80 Å². The summed E-state index contributed by atoms with van der Waals surface area (Å²) in [5, 5.41) is 8.76. The molecule has 2 amide bonds. The summed E-state index contributed by atoms with van der Waals surface area (Å²) in [7, 11) is 0. The van der Waals surface area contributed by atoms with Gasteiger partial charge in [0.15, 0.2) is 0 Å². The van der Waals surface area contributed by atoms with Crippen LogP contribution < -0.4 is 0 Å². The number of likely N-dealkylation sites (tertiary alicyclic amines) is 2. The highest BCUT2D eigenvalue weighted by molar-refractivity contribution is 5.79. The Kier molecular flexibility index (Phi) is 3.02. The van der Waals surface area contributed by atoms with E-state index in [1.165, 1.54) is 0 Å². The smallest absolute Gasteiger partial charge is 0.320 e. The van der Waals surface area contributed by atoms with E-state index in [1.54, 1.807) is 4.90 Å². The Morgan fingerprint density at radius 1 is 1.12 bits per heavy atom. The number of carboxylic acids is 1. The van der Waals surface area contributed by atoms with Gasteiger partial charge in [0.1, 0.15) is 0 Å². The lowest BCUT2D eigenvalue weighted by atomic mass is 9.83. The predicted octanol–water partition coefficient (Wildman–Crippen LogP) is 1.24. The zero-order valence-electron chi connectivity index (χ0n) is 10.5. The second-order valence-electron chi connectivity index (χ2n) is 5.87. The van der Waals surface area contributed by atoms with Crippen LogP contribution in [0.25, 0.3) is 0 Å². The molecule has 0 aliphatic carbocycles. The van der Waals surface area contributed by atoms with Crippen molar-refractivity contribution in [2.24, 2.45) is 11.3 Å². The molecule has 5 heteroatoms. The molecule has 0 aromatic heterocycles. The second-order valence-corrected chi connectivity index (χ2v) is 5.87. The molecule has 96 valence electrons. The number of hydrogen-bond donors (Lipinski definition) is 1. The monoisotopic (exact) mass is 240 g/mol. The Balaban J connectivity index is 1.81. The third-order valence-corrected chi connectivity index (χ3v) is 3.89. The maximum Gasteiger partial charge on any atom is 0.320 e. The molecule has 0 aromatic carbocycles. The number of rotatable bonds is 1. The van der Waals surface area contributed by atoms with Crippen LogP contribution in [0.3, 0.4) is 0 Å². The van der Waals surface area contributed by atoms with E-state index in [-0.39, 0.29) is 11.9 Å². The van der Waals surface area contributed by atoms with E-state index in [0.29, 0.717) is 18.5 Å². The van der Waals surface area contributed by atoms with Gasteiger partial charge in [0.2, 0.25) is 0 Å². The van der Waals surface area contributed by atoms with Crippen molar-refractivity contribution in [3.63, 3.8) is 0 Å². The van der Waals surface area contributed by atoms with Gasteiger partial charge in [0.05, 0.1) is 5.92 Å². The SMILES string of the molecule is CC1(C)CCN(C(=O)N2CC(C(=O)O)C2)CC1. The van der Waals surface area contributed by atoms with Crippen LogP contribution in [0.5, 0.6) is 0 Å². The van der Waals surface area contributed by atoms with Crippen LogP contribution in [-0.2, 0) is 4.79 Å². The summed E-state index contributed by atoms with van der Waals surface area (Å²) in [4.78, 5) is 26.2. The Labute approximate surface area is 101 Å². The Hall–Kier alpha value is -1.26. The third kappa shape index (κ3) is 2.53. The second kappa shape index (κ2) is 4.20. The third-order valence-electron chi connectivity index (χ3n) is 3.89. The zero-order chi connectivity index (χ0) is 12.6. The van der Waals surface area contributed by atoms with Crippen molar-refractivity contribution in [2.45, 2.75) is 26.7 Å². The van der Waals surface area contributed by atoms with Gasteiger partial charge in [-0.15, -0.1) is 0 Å². The Morgan fingerprint density at radius 2 is 1.65 bits per heavy atom. The number of piperidine rings is 1. The van der Waals surface area contributed by atoms with E-state index in [2.05, 4.69) is 13.8 Å². The minimum absolute atomic E-state index is 0.0120. The van der Waals surface area contributed by atoms with E-state index in [4.69, 9.17) is 5.11 Å². The summed E-state index contributed by atoms with van der Waals surface area (Å²) in [6.45, 7) is 6.76. The number of nitrogens with zero attached hydrogens (tertiary/aromatic N) is 2. The zero-order valence-corrected chi connectivity index (χ0v) is 10.5. The number of carbonyl (C=O) groups excluding carboxylic acids is 1. The van der Waals surface area contributed by atoms with Gasteiger partial charge in [-0.1, -0.05) is 13.8 Å². The molecule has 0 unspecified atom stereocenters. The van der Waals surface area contributed by atoms with Crippen LogP contribution in [-0.4, -0.2) is 53.1 Å². The highest BCUT2D eigenvalue weighted by Gasteiger charge is 2.38. The summed E-state index contributed by atoms with van der Waals surface area (Å²) in [5.41, 5.74) is 0.329. The lowest BCUT2D eigenvalue weighted by Gasteiger charge is -2.43. The van der Waals surface area contributed by atoms with E-state index in [9.17, 15) is 9.59 Å². The minimum atomic E-state index is -0.797. The molecule has 0 bridgehead atoms. The lowest BCUT2D eigenvalue weighted by Crippen LogP contribution is -2.58. The molecule has 2 aliphatic rings. The number of urea groups is 1. The molecule has 0 radical (unpaired) electrons. The van der Waals surface area contributed by atoms with Gasteiger partial charge in [0.25, 0.3) is 0 Å². The number of hydrogen-bond acceptors (Lipinski definition) is 2. The van der Waals surface area contributed by atoms with E-state index in [1.807, 2.05) is 4.90 Å². The molecule has 2 saturated heterocycles. The fraction of sp³-hybridized carbons (Fsp3) is 0.833. The topological polar surface area (TPSA) is 60.9 Å². The highest BCUT2D eigenvalue weighted by Crippen LogP contribution is 2.30. The molecule has 0 spiro atoms. The maximum absolute atomic E-state index is 12.0. The molecule has 5 nitrogen and oxygen atoms in total. The largest absolute Gasteiger partial charge is 0.481 e. The van der Waals surface area contributed by atoms with Crippen molar-refractivity contribution in [3.8, 4) is 0 Å². The molecular formula is C12H20N2O3. The van der Waals surface area contributed by atoms with Crippen LogP contribution in [0.2, 0.25) is 0 Å². The summed E-state index contributed by atoms with van der Waals surface area (Å²) >= 11 is 0. The predicted molar refractivity (Wildman–Crippen MR) is 62.7 cm³/mol. The van der Waals surface area contributed by atoms with Crippen molar-refractivity contribution in [2.75, 3.05) is 26.2 Å². The highest BCUT2D eigenvalue weighted by atomic mass is 16.4. The quantitative estimate of drug-likeness (QED) is 0.750. The normalized spacial score (nSPS) is 24.4. The minimum Gasteiger partial charge on any atom is -0.481 e. The molecule has 2 rings (SSSR count). The summed E-state index contributed by atoms with van der Waals surface area (Å²) in [5.74, 6) is -1.16. The van der Waals surface area contributed by atoms with Gasteiger partial charge in [0, 0.05) is 26.2 Å². The van der Waals surface area contributed by atoms with Gasteiger partial charge >= 0.3 is 12.0 Å². The van der Waals surface area contributed by atoms with Crippen LogP contribution in [0.15, 0.2) is 0 Å². The van der Waals surface area contributed by atoms with E-state index in [0.717, 1.165) is 25.9 Å². The summed E-state index contributed by atoms with van der Waals surface area (Å²) in [6.07, 6.45) is 2.05. The molecule has 17 heavy (non-hydrogen) atoms. The van der Waals surface area contributed by atoms with Gasteiger partial charge in [-0.25, -0.2) is 4.79 Å². The fourth-order valence-corrected chi connectivity index (χ4v) is 2.29. The molecule has 2 aliphatic heterocycles.